The number of aromatic nitrogens is 2. The minimum absolute atomic E-state index is 0.123. The van der Waals surface area contributed by atoms with Gasteiger partial charge in [-0.15, -0.1) is 0 Å². The van der Waals surface area contributed by atoms with Crippen molar-refractivity contribution < 1.29 is 27.6 Å². The van der Waals surface area contributed by atoms with E-state index in [1.165, 1.54) is 0 Å². The second kappa shape index (κ2) is 7.29. The molecular weight excluding hydrogens is 404 g/mol. The molecule has 1 aromatic heterocycles. The number of allylic oxidation sites excluding steroid dienone is 1. The van der Waals surface area contributed by atoms with E-state index in [2.05, 4.69) is 11.6 Å². The molecule has 2 aliphatic rings. The highest BCUT2D eigenvalue weighted by molar-refractivity contribution is 6.78. The van der Waals surface area contributed by atoms with Crippen LogP contribution < -0.4 is 11.2 Å². The monoisotopic (exact) mass is 428 g/mol. The van der Waals surface area contributed by atoms with Gasteiger partial charge in [0.05, 0.1) is 6.61 Å². The maximum Gasteiger partial charge on any atom is 0.330 e. The Bertz CT molecular complexity index is 909. The van der Waals surface area contributed by atoms with Gasteiger partial charge in [-0.1, -0.05) is 6.58 Å². The second-order valence-corrected chi connectivity index (χ2v) is 14.6. The van der Waals surface area contributed by atoms with Gasteiger partial charge in [0.1, 0.15) is 23.9 Å². The highest BCUT2D eigenvalue weighted by Gasteiger charge is 2.52. The predicted octanol–water partition coefficient (Wildman–Crippen LogP) is -0.000800. The number of H-pyrrole nitrogens is 1. The van der Waals surface area contributed by atoms with E-state index in [4.69, 9.17) is 17.7 Å². The molecule has 0 spiro atoms. The number of ketones is 1. The number of rotatable bonds is 3. The van der Waals surface area contributed by atoms with E-state index in [9.17, 15) is 19.5 Å². The number of carbonyl (C=O) groups is 1. The maximum absolute atomic E-state index is 12.3. The molecule has 28 heavy (non-hydrogen) atoms. The van der Waals surface area contributed by atoms with Gasteiger partial charge < -0.3 is 22.8 Å². The minimum Gasteiger partial charge on any atom is -0.415 e. The molecule has 0 amide bonds. The normalized spacial score (nSPS) is 31.5. The van der Waals surface area contributed by atoms with Gasteiger partial charge in [0.15, 0.2) is 12.0 Å². The molecule has 3 heterocycles. The first kappa shape index (κ1) is 21.0. The highest BCUT2D eigenvalue weighted by Crippen LogP contribution is 2.35. The van der Waals surface area contributed by atoms with Crippen LogP contribution in [0.4, 0.5) is 0 Å². The third-order valence-electron chi connectivity index (χ3n) is 4.51. The maximum atomic E-state index is 12.3. The predicted molar refractivity (Wildman–Crippen MR) is 103 cm³/mol. The Hall–Kier alpha value is -1.68. The van der Waals surface area contributed by atoms with E-state index in [0.717, 1.165) is 16.8 Å². The summed E-state index contributed by atoms with van der Waals surface area (Å²) >= 11 is 0. The number of hydrogen-bond donors (Lipinski definition) is 2. The Kier molecular flexibility index (Phi) is 5.48. The zero-order valence-corrected chi connectivity index (χ0v) is 18.1. The Morgan fingerprint density at radius 2 is 2.00 bits per heavy atom. The molecule has 0 aromatic carbocycles. The molecule has 4 atom stereocenters. The number of nitrogens with zero attached hydrogens (tertiary/aromatic N) is 1. The van der Waals surface area contributed by atoms with Crippen LogP contribution in [0, 0.1) is 0 Å². The van der Waals surface area contributed by atoms with Crippen molar-refractivity contribution in [2.45, 2.75) is 50.7 Å². The van der Waals surface area contributed by atoms with Crippen molar-refractivity contribution in [1.82, 2.24) is 9.55 Å². The SMILES string of the molecule is C=CC(=O)c1cn([C@@H]2O[C@@H]3CO[Si](C)(C)O[Si](C)(C)OC3C2O)c(=O)[nH]c1=O. The van der Waals surface area contributed by atoms with Gasteiger partial charge in [-0.3, -0.25) is 19.1 Å². The van der Waals surface area contributed by atoms with Crippen molar-refractivity contribution in [3.63, 3.8) is 0 Å². The Morgan fingerprint density at radius 1 is 1.32 bits per heavy atom. The average Bonchev–Trinajstić information content (AvgIpc) is 2.86. The van der Waals surface area contributed by atoms with E-state index in [1.54, 1.807) is 0 Å². The summed E-state index contributed by atoms with van der Waals surface area (Å²) in [5.74, 6) is -0.650. The molecule has 2 unspecified atom stereocenters. The van der Waals surface area contributed by atoms with Gasteiger partial charge >= 0.3 is 22.8 Å². The van der Waals surface area contributed by atoms with Crippen molar-refractivity contribution in [1.29, 1.82) is 0 Å². The first-order valence-electron chi connectivity index (χ1n) is 8.82. The first-order valence-corrected chi connectivity index (χ1v) is 14.4. The fourth-order valence-corrected chi connectivity index (χ4v) is 10.1. The Morgan fingerprint density at radius 3 is 2.64 bits per heavy atom. The lowest BCUT2D eigenvalue weighted by atomic mass is 10.1. The molecule has 0 radical (unpaired) electrons. The minimum atomic E-state index is -2.64. The van der Waals surface area contributed by atoms with Gasteiger partial charge in [-0.05, 0) is 32.3 Å². The molecule has 12 heteroatoms. The van der Waals surface area contributed by atoms with Crippen LogP contribution in [-0.4, -0.2) is 62.5 Å². The van der Waals surface area contributed by atoms with E-state index < -0.39 is 58.7 Å². The molecule has 2 fully saturated rings. The van der Waals surface area contributed by atoms with Crippen LogP contribution in [0.3, 0.4) is 0 Å². The third kappa shape index (κ3) is 4.03. The fourth-order valence-electron chi connectivity index (χ4n) is 3.44. The van der Waals surface area contributed by atoms with E-state index in [0.29, 0.717) is 0 Å². The van der Waals surface area contributed by atoms with Gasteiger partial charge in [0.2, 0.25) is 0 Å². The van der Waals surface area contributed by atoms with Crippen LogP contribution in [0.5, 0.6) is 0 Å². The molecule has 154 valence electrons. The number of hydrogen-bond acceptors (Lipinski definition) is 8. The lowest BCUT2D eigenvalue weighted by molar-refractivity contribution is -0.0573. The molecule has 2 saturated heterocycles. The summed E-state index contributed by atoms with van der Waals surface area (Å²) in [6.07, 6.45) is -1.78. The summed E-state index contributed by atoms with van der Waals surface area (Å²) in [5.41, 5.74) is -1.93. The van der Waals surface area contributed by atoms with Crippen molar-refractivity contribution in [3.8, 4) is 0 Å². The number of carbonyl (C=O) groups excluding carboxylic acids is 1. The van der Waals surface area contributed by atoms with E-state index in [-0.39, 0.29) is 12.2 Å². The highest BCUT2D eigenvalue weighted by atomic mass is 28.5. The molecule has 10 nitrogen and oxygen atoms in total. The topological polar surface area (TPSA) is 129 Å². The molecule has 0 aliphatic carbocycles. The molecule has 0 saturated carbocycles. The van der Waals surface area contributed by atoms with Crippen LogP contribution in [-0.2, 0) is 17.7 Å². The van der Waals surface area contributed by atoms with Crippen molar-refractivity contribution in [2.75, 3.05) is 6.61 Å². The fraction of sp³-hybridized carbons (Fsp3) is 0.562. The summed E-state index contributed by atoms with van der Waals surface area (Å²) in [5, 5.41) is 10.8. The van der Waals surface area contributed by atoms with Crippen LogP contribution >= 0.6 is 0 Å². The largest absolute Gasteiger partial charge is 0.415 e. The number of aliphatic hydroxyl groups excluding tert-OH is 1. The summed E-state index contributed by atoms with van der Waals surface area (Å²) in [6.45, 7) is 11.0. The zero-order chi connectivity index (χ0) is 20.9. The molecule has 2 N–H and O–H groups in total. The van der Waals surface area contributed by atoms with Crippen LogP contribution in [0.15, 0.2) is 28.4 Å². The second-order valence-electron chi connectivity index (χ2n) is 7.63. The summed E-state index contributed by atoms with van der Waals surface area (Å²) < 4.78 is 24.9. The number of aromatic amines is 1. The van der Waals surface area contributed by atoms with Gasteiger partial charge in [-0.25, -0.2) is 4.79 Å². The molecule has 2 aliphatic heterocycles. The van der Waals surface area contributed by atoms with Gasteiger partial charge in [0.25, 0.3) is 5.56 Å². The lowest BCUT2D eigenvalue weighted by Gasteiger charge is -2.39. The molecular formula is C16H24N2O8Si2. The Balaban J connectivity index is 1.98. The number of ether oxygens (including phenoxy) is 1. The third-order valence-corrected chi connectivity index (χ3v) is 10.1. The average molecular weight is 429 g/mol. The molecule has 3 rings (SSSR count). The van der Waals surface area contributed by atoms with Crippen molar-refractivity contribution >= 4 is 22.9 Å². The number of fused-ring (bicyclic) bond motifs is 1. The quantitative estimate of drug-likeness (QED) is 0.391. The molecule has 0 bridgehead atoms. The first-order chi connectivity index (χ1) is 12.9. The number of nitrogens with one attached hydrogen (secondary N) is 1. The zero-order valence-electron chi connectivity index (χ0n) is 16.1. The number of aliphatic hydroxyl groups is 1. The van der Waals surface area contributed by atoms with Gasteiger partial charge in [0, 0.05) is 6.20 Å². The lowest BCUT2D eigenvalue weighted by Crippen LogP contribution is -2.56. The van der Waals surface area contributed by atoms with Crippen LogP contribution in [0.25, 0.3) is 0 Å². The van der Waals surface area contributed by atoms with E-state index >= 15 is 0 Å². The van der Waals surface area contributed by atoms with Crippen LogP contribution in [0.1, 0.15) is 16.6 Å². The standard InChI is InChI=1S/C16H24N2O8Si2/c1-6-10(19)9-7-18(16(22)17-14(9)21)15-12(20)13-11(24-15)8-23-27(2,3)26-28(4,5)25-13/h6-7,11-13,15,20H,1,8H2,2-5H3,(H,17,21,22)/t11-,12?,13?,15-/m1/s1. The van der Waals surface area contributed by atoms with E-state index in [1.807, 2.05) is 26.2 Å². The smallest absolute Gasteiger partial charge is 0.330 e. The Labute approximate surface area is 163 Å². The summed E-state index contributed by atoms with van der Waals surface area (Å²) in [4.78, 5) is 38.2. The van der Waals surface area contributed by atoms with Crippen molar-refractivity contribution in [2.24, 2.45) is 0 Å². The summed E-state index contributed by atoms with van der Waals surface area (Å²) in [6, 6.07) is 0. The van der Waals surface area contributed by atoms with Crippen molar-refractivity contribution in [3.05, 3.63) is 45.3 Å². The summed E-state index contributed by atoms with van der Waals surface area (Å²) in [7, 11) is -5.08. The molecule has 1 aromatic rings. The van der Waals surface area contributed by atoms with Gasteiger partial charge in [-0.2, -0.15) is 0 Å². The van der Waals surface area contributed by atoms with Crippen LogP contribution in [0.2, 0.25) is 26.2 Å².